The van der Waals surface area contributed by atoms with Crippen LogP contribution in [0.1, 0.15) is 42.5 Å². The Balaban J connectivity index is 1.55. The normalized spacial score (nSPS) is 13.8. The summed E-state index contributed by atoms with van der Waals surface area (Å²) in [5, 5.41) is 13.2. The van der Waals surface area contributed by atoms with E-state index in [4.69, 9.17) is 10.8 Å². The minimum absolute atomic E-state index is 0.0240. The molecule has 0 atom stereocenters. The Hall–Kier alpha value is -1.38. The number of nitrogens with two attached hydrogens (primary N) is 1. The molecule has 0 unspecified atom stereocenters. The minimum Gasteiger partial charge on any atom is -0.396 e. The number of aryl methyl sites for hydroxylation is 2. The average molecular weight is 381 g/mol. The molecule has 8 heteroatoms. The predicted octanol–water partition coefficient (Wildman–Crippen LogP) is 2.52. The maximum Gasteiger partial charge on any atom is 0.220 e. The van der Waals surface area contributed by atoms with Crippen molar-refractivity contribution in [1.82, 2.24) is 15.3 Å². The molecule has 0 saturated carbocycles. The van der Waals surface area contributed by atoms with Crippen LogP contribution in [0.2, 0.25) is 0 Å². The van der Waals surface area contributed by atoms with Gasteiger partial charge in [-0.25, -0.2) is 9.97 Å². The second-order valence-corrected chi connectivity index (χ2v) is 8.31. The van der Waals surface area contributed by atoms with Gasteiger partial charge in [-0.1, -0.05) is 11.8 Å². The Labute approximate surface area is 155 Å². The highest BCUT2D eigenvalue weighted by molar-refractivity contribution is 7.99. The summed E-state index contributed by atoms with van der Waals surface area (Å²) in [5.41, 5.74) is 7.56. The fourth-order valence-corrected chi connectivity index (χ4v) is 5.14. The molecule has 1 aliphatic carbocycles. The number of fused-ring (bicyclic) bond motifs is 3. The van der Waals surface area contributed by atoms with Crippen molar-refractivity contribution < 1.29 is 9.90 Å². The van der Waals surface area contributed by atoms with Crippen molar-refractivity contribution in [2.45, 2.75) is 50.1 Å². The molecular formula is C17H24N4O2S2. The fraction of sp³-hybridized carbons (Fsp3) is 0.588. The first-order valence-electron chi connectivity index (χ1n) is 8.77. The third-order valence-electron chi connectivity index (χ3n) is 4.26. The summed E-state index contributed by atoms with van der Waals surface area (Å²) < 4.78 is 0. The van der Waals surface area contributed by atoms with E-state index < -0.39 is 0 Å². The van der Waals surface area contributed by atoms with Gasteiger partial charge < -0.3 is 16.2 Å². The molecule has 0 radical (unpaired) electrons. The quantitative estimate of drug-likeness (QED) is 0.370. The third-order valence-corrected chi connectivity index (χ3v) is 6.38. The number of aromatic nitrogens is 2. The predicted molar refractivity (Wildman–Crippen MR) is 103 cm³/mol. The minimum atomic E-state index is 0.0240. The molecule has 25 heavy (non-hydrogen) atoms. The lowest BCUT2D eigenvalue weighted by Gasteiger charge is -2.10. The number of amides is 1. The van der Waals surface area contributed by atoms with Crippen LogP contribution in [0.4, 0.5) is 5.82 Å². The van der Waals surface area contributed by atoms with Gasteiger partial charge in [0.1, 0.15) is 10.6 Å². The summed E-state index contributed by atoms with van der Waals surface area (Å²) in [6.07, 6.45) is 6.51. The molecule has 0 aliphatic heterocycles. The van der Waals surface area contributed by atoms with Crippen LogP contribution in [0, 0.1) is 0 Å². The maximum absolute atomic E-state index is 11.6. The van der Waals surface area contributed by atoms with Crippen molar-refractivity contribution in [2.24, 2.45) is 0 Å². The van der Waals surface area contributed by atoms with Crippen molar-refractivity contribution in [3.63, 3.8) is 0 Å². The number of nitrogen functional groups attached to an aromatic ring is 1. The van der Waals surface area contributed by atoms with Crippen molar-refractivity contribution in [3.05, 3.63) is 10.4 Å². The highest BCUT2D eigenvalue weighted by Crippen LogP contribution is 2.38. The Morgan fingerprint density at radius 3 is 2.96 bits per heavy atom. The number of carbonyl (C=O) groups excluding carboxylic acids is 1. The zero-order valence-electron chi connectivity index (χ0n) is 14.2. The Bertz CT molecular complexity index is 748. The van der Waals surface area contributed by atoms with Crippen LogP contribution in [0.3, 0.4) is 0 Å². The molecule has 0 bridgehead atoms. The lowest BCUT2D eigenvalue weighted by atomic mass is 9.97. The molecule has 2 heterocycles. The molecule has 0 fully saturated rings. The van der Waals surface area contributed by atoms with E-state index in [0.717, 1.165) is 35.2 Å². The lowest BCUT2D eigenvalue weighted by molar-refractivity contribution is -0.121. The van der Waals surface area contributed by atoms with Crippen molar-refractivity contribution in [3.8, 4) is 0 Å². The molecule has 1 amide bonds. The number of rotatable bonds is 8. The number of hydrogen-bond donors (Lipinski definition) is 3. The molecule has 0 aromatic carbocycles. The van der Waals surface area contributed by atoms with Crippen LogP contribution >= 0.6 is 23.1 Å². The smallest absolute Gasteiger partial charge is 0.220 e. The SMILES string of the molecule is Nc1nc(SCCCC(=O)NCCCO)nc2sc3c(c12)CCCC3. The molecule has 1 aliphatic rings. The zero-order valence-corrected chi connectivity index (χ0v) is 15.8. The topological polar surface area (TPSA) is 101 Å². The summed E-state index contributed by atoms with van der Waals surface area (Å²) in [4.78, 5) is 23.2. The number of thiophene rings is 1. The van der Waals surface area contributed by atoms with Gasteiger partial charge >= 0.3 is 0 Å². The van der Waals surface area contributed by atoms with E-state index in [1.54, 1.807) is 23.1 Å². The van der Waals surface area contributed by atoms with E-state index in [1.165, 1.54) is 23.3 Å². The summed E-state index contributed by atoms with van der Waals surface area (Å²) in [6, 6.07) is 0. The van der Waals surface area contributed by atoms with Crippen LogP contribution in [-0.2, 0) is 17.6 Å². The van der Waals surface area contributed by atoms with Gasteiger partial charge in [-0.3, -0.25) is 4.79 Å². The molecule has 2 aromatic heterocycles. The van der Waals surface area contributed by atoms with Gasteiger partial charge in [0.15, 0.2) is 5.16 Å². The maximum atomic E-state index is 11.6. The number of hydrogen-bond acceptors (Lipinski definition) is 7. The average Bonchev–Trinajstić information content (AvgIpc) is 2.98. The van der Waals surface area contributed by atoms with Crippen LogP contribution in [0.5, 0.6) is 0 Å². The van der Waals surface area contributed by atoms with Gasteiger partial charge in [0.25, 0.3) is 0 Å². The lowest BCUT2D eigenvalue weighted by Crippen LogP contribution is -2.24. The van der Waals surface area contributed by atoms with E-state index in [2.05, 4.69) is 15.3 Å². The van der Waals surface area contributed by atoms with Gasteiger partial charge in [0.2, 0.25) is 5.91 Å². The van der Waals surface area contributed by atoms with Gasteiger partial charge in [-0.2, -0.15) is 0 Å². The van der Waals surface area contributed by atoms with Crippen LogP contribution in [-0.4, -0.2) is 39.9 Å². The van der Waals surface area contributed by atoms with Crippen LogP contribution < -0.4 is 11.1 Å². The van der Waals surface area contributed by atoms with E-state index >= 15 is 0 Å². The van der Waals surface area contributed by atoms with Crippen LogP contribution in [0.15, 0.2) is 5.16 Å². The molecular weight excluding hydrogens is 356 g/mol. The summed E-state index contributed by atoms with van der Waals surface area (Å²) >= 11 is 3.30. The summed E-state index contributed by atoms with van der Waals surface area (Å²) in [6.45, 7) is 0.630. The zero-order chi connectivity index (χ0) is 17.6. The van der Waals surface area contributed by atoms with Crippen molar-refractivity contribution in [1.29, 1.82) is 0 Å². The Morgan fingerprint density at radius 1 is 1.28 bits per heavy atom. The van der Waals surface area contributed by atoms with Crippen LogP contribution in [0.25, 0.3) is 10.2 Å². The standard InChI is InChI=1S/C17H24N4O2S2/c18-15-14-11-5-1-2-6-12(11)25-16(14)21-17(20-15)24-10-3-7-13(23)19-8-4-9-22/h22H,1-10H2,(H,19,23)(H2,18,20,21). The number of aliphatic hydroxyl groups is 1. The first-order chi connectivity index (χ1) is 12.2. The molecule has 3 rings (SSSR count). The third kappa shape index (κ3) is 4.62. The Kier molecular flexibility index (Phi) is 6.50. The highest BCUT2D eigenvalue weighted by atomic mass is 32.2. The monoisotopic (exact) mass is 380 g/mol. The molecule has 0 spiro atoms. The number of nitrogens with zero attached hydrogens (tertiary/aromatic N) is 2. The van der Waals surface area contributed by atoms with E-state index in [9.17, 15) is 4.79 Å². The summed E-state index contributed by atoms with van der Waals surface area (Å²) in [7, 11) is 0. The number of nitrogens with one attached hydrogen (secondary N) is 1. The van der Waals surface area contributed by atoms with Crippen molar-refractivity contribution in [2.75, 3.05) is 24.6 Å². The van der Waals surface area contributed by atoms with Gasteiger partial charge in [-0.15, -0.1) is 11.3 Å². The highest BCUT2D eigenvalue weighted by Gasteiger charge is 2.20. The number of carbonyl (C=O) groups is 1. The first kappa shape index (κ1) is 18.4. The number of anilines is 1. The van der Waals surface area contributed by atoms with E-state index in [1.807, 2.05) is 0 Å². The second-order valence-electron chi connectivity index (χ2n) is 6.16. The second kappa shape index (κ2) is 8.82. The first-order valence-corrected chi connectivity index (χ1v) is 10.6. The van der Waals surface area contributed by atoms with E-state index in [-0.39, 0.29) is 12.5 Å². The van der Waals surface area contributed by atoms with E-state index in [0.29, 0.717) is 30.4 Å². The number of aliphatic hydroxyl groups excluding tert-OH is 1. The fourth-order valence-electron chi connectivity index (χ4n) is 3.02. The van der Waals surface area contributed by atoms with Crippen molar-refractivity contribution >= 4 is 45.0 Å². The molecule has 6 nitrogen and oxygen atoms in total. The summed E-state index contributed by atoms with van der Waals surface area (Å²) in [5.74, 6) is 1.40. The van der Waals surface area contributed by atoms with Gasteiger partial charge in [0.05, 0.1) is 5.39 Å². The molecule has 0 saturated heterocycles. The van der Waals surface area contributed by atoms with Gasteiger partial charge in [0, 0.05) is 30.2 Å². The Morgan fingerprint density at radius 2 is 2.12 bits per heavy atom. The largest absolute Gasteiger partial charge is 0.396 e. The molecule has 136 valence electrons. The molecule has 2 aromatic rings. The number of thioether (sulfide) groups is 1. The molecule has 4 N–H and O–H groups in total. The van der Waals surface area contributed by atoms with Gasteiger partial charge in [-0.05, 0) is 44.1 Å².